The quantitative estimate of drug-likeness (QED) is 0.496. The Balaban J connectivity index is 1.45. The Labute approximate surface area is 173 Å². The van der Waals surface area contributed by atoms with Crippen molar-refractivity contribution in [1.82, 2.24) is 0 Å². The average Bonchev–Trinajstić information content (AvgIpc) is 3.38. The van der Waals surface area contributed by atoms with Crippen LogP contribution in [-0.2, 0) is 12.8 Å². The van der Waals surface area contributed by atoms with Crippen LogP contribution in [0.15, 0.2) is 67.8 Å². The molecule has 0 aliphatic carbocycles. The summed E-state index contributed by atoms with van der Waals surface area (Å²) in [4.78, 5) is 2.73. The molecule has 2 aliphatic rings. The first kappa shape index (κ1) is 18.4. The molecule has 4 heteroatoms. The van der Waals surface area contributed by atoms with E-state index in [0.717, 1.165) is 12.8 Å². The lowest BCUT2D eigenvalue weighted by molar-refractivity contribution is 1.14. The van der Waals surface area contributed by atoms with Crippen molar-refractivity contribution < 1.29 is 0 Å². The molecule has 132 valence electrons. The van der Waals surface area contributed by atoms with Crippen LogP contribution in [0.4, 0.5) is 0 Å². The second-order valence-electron chi connectivity index (χ2n) is 6.08. The molecule has 0 unspecified atom stereocenters. The molecule has 2 aliphatic heterocycles. The van der Waals surface area contributed by atoms with Gasteiger partial charge in [-0.1, -0.05) is 109 Å². The first-order chi connectivity index (χ1) is 12.8. The second-order valence-corrected chi connectivity index (χ2v) is 10.5. The molecule has 0 radical (unpaired) electrons. The molecule has 2 heterocycles. The van der Waals surface area contributed by atoms with E-state index < -0.39 is 0 Å². The molecule has 0 bridgehead atoms. The van der Waals surface area contributed by atoms with E-state index in [1.807, 2.05) is 47.0 Å². The fourth-order valence-electron chi connectivity index (χ4n) is 2.75. The molecule has 0 saturated heterocycles. The van der Waals surface area contributed by atoms with E-state index >= 15 is 0 Å². The average molecular weight is 413 g/mol. The lowest BCUT2D eigenvalue weighted by Gasteiger charge is -2.06. The number of aryl methyl sites for hydroxylation is 2. The largest absolute Gasteiger partial charge is 0.0878 e. The number of hydrogen-bond acceptors (Lipinski definition) is 4. The van der Waals surface area contributed by atoms with Gasteiger partial charge in [0.2, 0.25) is 0 Å². The Kier molecular flexibility index (Phi) is 5.94. The van der Waals surface area contributed by atoms with E-state index in [9.17, 15) is 0 Å². The molecular weight excluding hydrogens is 393 g/mol. The molecule has 2 aromatic carbocycles. The Morgan fingerprint density at radius 2 is 0.962 bits per heavy atom. The van der Waals surface area contributed by atoms with Crippen LogP contribution < -0.4 is 0 Å². The van der Waals surface area contributed by atoms with Crippen LogP contribution >= 0.6 is 47.0 Å². The van der Waals surface area contributed by atoms with Crippen molar-refractivity contribution in [2.24, 2.45) is 0 Å². The fourth-order valence-corrected chi connectivity index (χ4v) is 7.68. The molecule has 0 aromatic heterocycles. The SMILES string of the molecule is CCc1ccc(C2=CS/C(=C3\SC=C(c4ccc(CC)cc4)S3)S2)cc1. The lowest BCUT2D eigenvalue weighted by Crippen LogP contribution is -1.82. The monoisotopic (exact) mass is 412 g/mol. The standard InChI is InChI=1S/C22H20S4/c1-3-15-5-9-17(10-6-15)19-13-23-21(25-19)22-24-14-20(26-22)18-11-7-16(4-2)8-12-18/h5-14H,3-4H2,1-2H3/b22-21-. The highest BCUT2D eigenvalue weighted by Gasteiger charge is 2.23. The Bertz CT molecular complexity index is 811. The summed E-state index contributed by atoms with van der Waals surface area (Å²) in [6.45, 7) is 4.40. The van der Waals surface area contributed by atoms with E-state index in [0.29, 0.717) is 0 Å². The molecule has 0 spiro atoms. The number of rotatable bonds is 4. The van der Waals surface area contributed by atoms with Crippen molar-refractivity contribution in [3.63, 3.8) is 0 Å². The lowest BCUT2D eigenvalue weighted by atomic mass is 10.1. The molecular formula is C22H20S4. The summed E-state index contributed by atoms with van der Waals surface area (Å²) in [5.41, 5.74) is 5.44. The minimum Gasteiger partial charge on any atom is -0.0878 e. The fraction of sp³-hybridized carbons (Fsp3) is 0.182. The summed E-state index contributed by atoms with van der Waals surface area (Å²) in [5, 5.41) is 4.59. The Hall–Kier alpha value is -0.940. The summed E-state index contributed by atoms with van der Waals surface area (Å²) >= 11 is 7.54. The zero-order valence-electron chi connectivity index (χ0n) is 14.8. The third-order valence-electron chi connectivity index (χ3n) is 4.41. The Morgan fingerprint density at radius 3 is 1.31 bits per heavy atom. The Morgan fingerprint density at radius 1 is 0.577 bits per heavy atom. The number of hydrogen-bond donors (Lipinski definition) is 0. The van der Waals surface area contributed by atoms with Gasteiger partial charge in [-0.05, 0) is 45.9 Å². The van der Waals surface area contributed by atoms with Crippen molar-refractivity contribution >= 4 is 56.9 Å². The number of thioether (sulfide) groups is 4. The van der Waals surface area contributed by atoms with Crippen LogP contribution in [0.25, 0.3) is 9.81 Å². The van der Waals surface area contributed by atoms with Crippen LogP contribution in [0.5, 0.6) is 0 Å². The molecule has 0 amide bonds. The van der Waals surface area contributed by atoms with Gasteiger partial charge in [0.1, 0.15) is 0 Å². The molecule has 0 fully saturated rings. The van der Waals surface area contributed by atoms with E-state index in [2.05, 4.69) is 73.2 Å². The van der Waals surface area contributed by atoms with Gasteiger partial charge in [-0.25, -0.2) is 0 Å². The van der Waals surface area contributed by atoms with Crippen LogP contribution in [0.2, 0.25) is 0 Å². The highest BCUT2D eigenvalue weighted by molar-refractivity contribution is 8.36. The maximum absolute atomic E-state index is 2.29. The van der Waals surface area contributed by atoms with Gasteiger partial charge < -0.3 is 0 Å². The molecule has 0 N–H and O–H groups in total. The number of benzene rings is 2. The van der Waals surface area contributed by atoms with E-state index in [1.165, 1.54) is 40.5 Å². The third kappa shape index (κ3) is 3.99. The maximum atomic E-state index is 2.29. The van der Waals surface area contributed by atoms with Gasteiger partial charge >= 0.3 is 0 Å². The van der Waals surface area contributed by atoms with Crippen molar-refractivity contribution in [3.05, 3.63) is 90.1 Å². The zero-order chi connectivity index (χ0) is 17.9. The minimum absolute atomic E-state index is 1.09. The van der Waals surface area contributed by atoms with Crippen LogP contribution in [0.1, 0.15) is 36.1 Å². The minimum atomic E-state index is 1.09. The zero-order valence-corrected chi connectivity index (χ0v) is 18.1. The predicted octanol–water partition coefficient (Wildman–Crippen LogP) is 8.20. The van der Waals surface area contributed by atoms with Gasteiger partial charge in [-0.2, -0.15) is 0 Å². The second kappa shape index (κ2) is 8.39. The van der Waals surface area contributed by atoms with Crippen molar-refractivity contribution in [3.8, 4) is 0 Å². The molecule has 4 rings (SSSR count). The summed E-state index contributed by atoms with van der Waals surface area (Å²) in [6, 6.07) is 18.0. The molecule has 26 heavy (non-hydrogen) atoms. The molecule has 0 nitrogen and oxygen atoms in total. The van der Waals surface area contributed by atoms with Gasteiger partial charge in [-0.3, -0.25) is 0 Å². The summed E-state index contributed by atoms with van der Waals surface area (Å²) in [5.74, 6) is 0. The van der Waals surface area contributed by atoms with Crippen molar-refractivity contribution in [2.75, 3.05) is 0 Å². The predicted molar refractivity (Wildman–Crippen MR) is 125 cm³/mol. The summed E-state index contributed by atoms with van der Waals surface area (Å²) in [6.07, 6.45) is 2.19. The normalized spacial score (nSPS) is 19.6. The van der Waals surface area contributed by atoms with Crippen molar-refractivity contribution in [1.29, 1.82) is 0 Å². The topological polar surface area (TPSA) is 0 Å². The van der Waals surface area contributed by atoms with Gasteiger partial charge in [0, 0.05) is 9.81 Å². The van der Waals surface area contributed by atoms with E-state index in [4.69, 9.17) is 0 Å². The maximum Gasteiger partial charge on any atom is 0.0700 e. The van der Waals surface area contributed by atoms with Gasteiger partial charge in [0.25, 0.3) is 0 Å². The van der Waals surface area contributed by atoms with Crippen LogP contribution in [0.3, 0.4) is 0 Å². The molecule has 0 saturated carbocycles. The van der Waals surface area contributed by atoms with Crippen molar-refractivity contribution in [2.45, 2.75) is 26.7 Å². The highest BCUT2D eigenvalue weighted by Crippen LogP contribution is 2.58. The molecule has 2 aromatic rings. The smallest absolute Gasteiger partial charge is 0.0700 e. The first-order valence-corrected chi connectivity index (χ1v) is 12.2. The van der Waals surface area contributed by atoms with Gasteiger partial charge in [0.15, 0.2) is 0 Å². The third-order valence-corrected chi connectivity index (χ3v) is 9.77. The van der Waals surface area contributed by atoms with Crippen LogP contribution in [0, 0.1) is 0 Å². The van der Waals surface area contributed by atoms with Crippen LogP contribution in [-0.4, -0.2) is 0 Å². The first-order valence-electron chi connectivity index (χ1n) is 8.79. The summed E-state index contributed by atoms with van der Waals surface area (Å²) in [7, 11) is 0. The van der Waals surface area contributed by atoms with E-state index in [1.54, 1.807) is 0 Å². The molecule has 0 atom stereocenters. The van der Waals surface area contributed by atoms with Gasteiger partial charge in [-0.15, -0.1) is 0 Å². The van der Waals surface area contributed by atoms with E-state index in [-0.39, 0.29) is 0 Å². The highest BCUT2D eigenvalue weighted by atomic mass is 32.2. The van der Waals surface area contributed by atoms with Gasteiger partial charge in [0.05, 0.1) is 8.47 Å². The summed E-state index contributed by atoms with van der Waals surface area (Å²) < 4.78 is 2.82.